The highest BCUT2D eigenvalue weighted by molar-refractivity contribution is 6.31. The molecule has 0 bridgehead atoms. The molecule has 5 nitrogen and oxygen atoms in total. The monoisotopic (exact) mass is 384 g/mol. The SMILES string of the molecule is CC(C)(C)n1nccc(OCc2ccc(Oc3ccccc3)cc2Cl)c1=O. The molecule has 0 aliphatic rings. The van der Waals surface area contributed by atoms with Gasteiger partial charge in [0, 0.05) is 11.6 Å². The molecule has 0 saturated carbocycles. The van der Waals surface area contributed by atoms with Gasteiger partial charge in [-0.15, -0.1) is 0 Å². The van der Waals surface area contributed by atoms with Crippen LogP contribution in [0.15, 0.2) is 65.6 Å². The van der Waals surface area contributed by atoms with E-state index >= 15 is 0 Å². The first kappa shape index (κ1) is 19.0. The van der Waals surface area contributed by atoms with Crippen molar-refractivity contribution < 1.29 is 9.47 Å². The normalized spacial score (nSPS) is 11.3. The van der Waals surface area contributed by atoms with E-state index in [0.717, 1.165) is 11.3 Å². The van der Waals surface area contributed by atoms with Crippen molar-refractivity contribution in [1.82, 2.24) is 9.78 Å². The number of halogens is 1. The fourth-order valence-corrected chi connectivity index (χ4v) is 2.70. The van der Waals surface area contributed by atoms with E-state index in [1.165, 1.54) is 4.68 Å². The smallest absolute Gasteiger partial charge is 0.309 e. The van der Waals surface area contributed by atoms with Gasteiger partial charge in [-0.05, 0) is 45.0 Å². The number of rotatable bonds is 5. The molecule has 0 aliphatic heterocycles. The quantitative estimate of drug-likeness (QED) is 0.619. The molecular formula is C21H21ClN2O3. The Hall–Kier alpha value is -2.79. The summed E-state index contributed by atoms with van der Waals surface area (Å²) in [6, 6.07) is 16.4. The first-order valence-electron chi connectivity index (χ1n) is 8.57. The van der Waals surface area contributed by atoms with Crippen LogP contribution in [-0.2, 0) is 12.1 Å². The molecule has 27 heavy (non-hydrogen) atoms. The Labute approximate surface area is 163 Å². The highest BCUT2D eigenvalue weighted by Gasteiger charge is 2.18. The van der Waals surface area contributed by atoms with Gasteiger partial charge in [-0.1, -0.05) is 35.9 Å². The maximum absolute atomic E-state index is 12.5. The van der Waals surface area contributed by atoms with Crippen LogP contribution in [0.4, 0.5) is 0 Å². The molecule has 140 valence electrons. The highest BCUT2D eigenvalue weighted by atomic mass is 35.5. The maximum atomic E-state index is 12.5. The van der Waals surface area contributed by atoms with E-state index in [0.29, 0.717) is 10.8 Å². The van der Waals surface area contributed by atoms with E-state index < -0.39 is 5.54 Å². The second-order valence-corrected chi connectivity index (χ2v) is 7.45. The zero-order valence-electron chi connectivity index (χ0n) is 15.5. The summed E-state index contributed by atoms with van der Waals surface area (Å²) in [4.78, 5) is 12.5. The third-order valence-corrected chi connectivity index (χ3v) is 4.19. The molecule has 0 fully saturated rings. The van der Waals surface area contributed by atoms with Crippen LogP contribution in [0.3, 0.4) is 0 Å². The molecule has 0 spiro atoms. The Bertz CT molecular complexity index is 979. The van der Waals surface area contributed by atoms with E-state index in [1.807, 2.05) is 63.2 Å². The summed E-state index contributed by atoms with van der Waals surface area (Å²) in [7, 11) is 0. The lowest BCUT2D eigenvalue weighted by molar-refractivity contribution is 0.278. The molecule has 3 aromatic rings. The number of hydrogen-bond donors (Lipinski definition) is 0. The van der Waals surface area contributed by atoms with Gasteiger partial charge >= 0.3 is 5.56 Å². The first-order chi connectivity index (χ1) is 12.8. The number of para-hydroxylation sites is 1. The van der Waals surface area contributed by atoms with Gasteiger partial charge in [0.15, 0.2) is 5.75 Å². The predicted molar refractivity (Wildman–Crippen MR) is 106 cm³/mol. The maximum Gasteiger partial charge on any atom is 0.309 e. The Morgan fingerprint density at radius 2 is 1.78 bits per heavy atom. The zero-order valence-corrected chi connectivity index (χ0v) is 16.2. The van der Waals surface area contributed by atoms with Crippen LogP contribution >= 0.6 is 11.6 Å². The van der Waals surface area contributed by atoms with Crippen LogP contribution in [-0.4, -0.2) is 9.78 Å². The molecule has 0 radical (unpaired) electrons. The summed E-state index contributed by atoms with van der Waals surface area (Å²) in [5.74, 6) is 1.60. The van der Waals surface area contributed by atoms with Gasteiger partial charge < -0.3 is 9.47 Å². The summed E-state index contributed by atoms with van der Waals surface area (Å²) < 4.78 is 12.9. The van der Waals surface area contributed by atoms with Crippen molar-refractivity contribution in [2.24, 2.45) is 0 Å². The molecular weight excluding hydrogens is 364 g/mol. The van der Waals surface area contributed by atoms with Gasteiger partial charge in [-0.25, -0.2) is 4.68 Å². The average molecular weight is 385 g/mol. The summed E-state index contributed by atoms with van der Waals surface area (Å²) in [6.45, 7) is 5.91. The molecule has 0 N–H and O–H groups in total. The van der Waals surface area contributed by atoms with E-state index in [4.69, 9.17) is 21.1 Å². The van der Waals surface area contributed by atoms with Crippen LogP contribution in [0.1, 0.15) is 26.3 Å². The number of hydrogen-bond acceptors (Lipinski definition) is 4. The second-order valence-electron chi connectivity index (χ2n) is 7.04. The van der Waals surface area contributed by atoms with Crippen molar-refractivity contribution in [3.05, 3.63) is 81.7 Å². The number of benzene rings is 2. The molecule has 0 saturated heterocycles. The summed E-state index contributed by atoms with van der Waals surface area (Å²) in [6.07, 6.45) is 1.56. The number of aromatic nitrogens is 2. The predicted octanol–water partition coefficient (Wildman–Crippen LogP) is 5.02. The molecule has 1 heterocycles. The van der Waals surface area contributed by atoms with Gasteiger partial charge in [-0.3, -0.25) is 4.79 Å². The van der Waals surface area contributed by atoms with E-state index in [1.54, 1.807) is 18.3 Å². The Morgan fingerprint density at radius 3 is 2.44 bits per heavy atom. The van der Waals surface area contributed by atoms with Gasteiger partial charge in [0.1, 0.15) is 18.1 Å². The standard InChI is InChI=1S/C21H21ClN2O3/c1-21(2,3)24-20(25)19(11-12-23-24)26-14-15-9-10-17(13-18(15)22)27-16-7-5-4-6-8-16/h4-13H,14H2,1-3H3. The Balaban J connectivity index is 1.73. The lowest BCUT2D eigenvalue weighted by atomic mass is 10.1. The molecule has 6 heteroatoms. The van der Waals surface area contributed by atoms with Gasteiger partial charge in [0.05, 0.1) is 16.8 Å². The van der Waals surface area contributed by atoms with Crippen LogP contribution < -0.4 is 15.0 Å². The van der Waals surface area contributed by atoms with Gasteiger partial charge in [-0.2, -0.15) is 5.10 Å². The summed E-state index contributed by atoms with van der Waals surface area (Å²) in [5.41, 5.74) is 0.0607. The van der Waals surface area contributed by atoms with Gasteiger partial charge in [0.2, 0.25) is 0 Å². The fourth-order valence-electron chi connectivity index (χ4n) is 2.47. The van der Waals surface area contributed by atoms with Crippen molar-refractivity contribution in [2.45, 2.75) is 32.9 Å². The van der Waals surface area contributed by atoms with Crippen LogP contribution in [0.5, 0.6) is 17.2 Å². The highest BCUT2D eigenvalue weighted by Crippen LogP contribution is 2.27. The van der Waals surface area contributed by atoms with Gasteiger partial charge in [0.25, 0.3) is 0 Å². The van der Waals surface area contributed by atoms with Crippen molar-refractivity contribution in [1.29, 1.82) is 0 Å². The van der Waals surface area contributed by atoms with Crippen molar-refractivity contribution >= 4 is 11.6 Å². The van der Waals surface area contributed by atoms with E-state index in [9.17, 15) is 4.79 Å². The van der Waals surface area contributed by atoms with E-state index in [-0.39, 0.29) is 17.9 Å². The minimum atomic E-state index is -0.426. The Morgan fingerprint density at radius 1 is 1.04 bits per heavy atom. The zero-order chi connectivity index (χ0) is 19.4. The molecule has 0 aliphatic carbocycles. The molecule has 3 rings (SSSR count). The topological polar surface area (TPSA) is 53.4 Å². The minimum Gasteiger partial charge on any atom is -0.483 e. The third kappa shape index (κ3) is 4.68. The van der Waals surface area contributed by atoms with Crippen molar-refractivity contribution in [3.8, 4) is 17.2 Å². The van der Waals surface area contributed by atoms with Crippen LogP contribution in [0, 0.1) is 0 Å². The molecule has 2 aromatic carbocycles. The lowest BCUT2D eigenvalue weighted by Gasteiger charge is -2.20. The minimum absolute atomic E-state index is 0.174. The number of nitrogens with zero attached hydrogens (tertiary/aromatic N) is 2. The fraction of sp³-hybridized carbons (Fsp3) is 0.238. The largest absolute Gasteiger partial charge is 0.483 e. The lowest BCUT2D eigenvalue weighted by Crippen LogP contribution is -2.36. The number of ether oxygens (including phenoxy) is 2. The third-order valence-electron chi connectivity index (χ3n) is 3.83. The second kappa shape index (κ2) is 7.84. The first-order valence-corrected chi connectivity index (χ1v) is 8.95. The van der Waals surface area contributed by atoms with Crippen molar-refractivity contribution in [2.75, 3.05) is 0 Å². The van der Waals surface area contributed by atoms with E-state index in [2.05, 4.69) is 5.10 Å². The summed E-state index contributed by atoms with van der Waals surface area (Å²) in [5, 5.41) is 4.62. The molecule has 0 amide bonds. The molecule has 1 aromatic heterocycles. The molecule has 0 unspecified atom stereocenters. The summed E-state index contributed by atoms with van der Waals surface area (Å²) >= 11 is 6.35. The Kier molecular flexibility index (Phi) is 5.51. The van der Waals surface area contributed by atoms with Crippen LogP contribution in [0.25, 0.3) is 0 Å². The molecule has 0 atom stereocenters. The van der Waals surface area contributed by atoms with Crippen LogP contribution in [0.2, 0.25) is 5.02 Å². The van der Waals surface area contributed by atoms with Crippen molar-refractivity contribution in [3.63, 3.8) is 0 Å². The average Bonchev–Trinajstić information content (AvgIpc) is 2.62.